The topological polar surface area (TPSA) is 36.0 Å². The van der Waals surface area contributed by atoms with Gasteiger partial charge in [-0.1, -0.05) is 19.1 Å². The summed E-state index contributed by atoms with van der Waals surface area (Å²) in [6.45, 7) is 7.26. The quantitative estimate of drug-likeness (QED) is 0.656. The molecule has 0 N–H and O–H groups in total. The fourth-order valence-electron chi connectivity index (χ4n) is 5.42. The van der Waals surface area contributed by atoms with Crippen molar-refractivity contribution in [2.24, 2.45) is 0 Å². The van der Waals surface area contributed by atoms with Crippen LogP contribution in [0, 0.1) is 0 Å². The number of carbonyl (C=O) groups is 1. The van der Waals surface area contributed by atoms with Crippen molar-refractivity contribution in [3.8, 4) is 5.75 Å². The van der Waals surface area contributed by atoms with E-state index in [-0.39, 0.29) is 11.7 Å². The molecule has 3 aliphatic rings. The molecule has 0 spiro atoms. The minimum absolute atomic E-state index is 0.00960. The Morgan fingerprint density at radius 1 is 1.09 bits per heavy atom. The summed E-state index contributed by atoms with van der Waals surface area (Å²) in [5.41, 5.74) is 4.86. The van der Waals surface area contributed by atoms with Gasteiger partial charge in [0.15, 0.2) is 0 Å². The maximum absolute atomic E-state index is 13.2. The molecule has 0 bridgehead atoms. The fraction of sp³-hybridized carbons (Fsp3) is 0.480. The Balaban J connectivity index is 1.32. The van der Waals surface area contributed by atoms with E-state index in [1.165, 1.54) is 37.2 Å². The molecule has 8 heteroatoms. The number of amides is 1. The van der Waals surface area contributed by atoms with E-state index >= 15 is 0 Å². The molecule has 0 aliphatic carbocycles. The molecule has 2 aromatic carbocycles. The monoisotopic (exact) mass is 459 g/mol. The van der Waals surface area contributed by atoms with Gasteiger partial charge >= 0.3 is 6.36 Å². The summed E-state index contributed by atoms with van der Waals surface area (Å²) in [5.74, 6) is -0.271. The summed E-state index contributed by atoms with van der Waals surface area (Å²) in [5, 5.41) is 0. The van der Waals surface area contributed by atoms with E-state index in [9.17, 15) is 18.0 Å². The number of hydrogen-bond donors (Lipinski definition) is 0. The number of carbonyl (C=O) groups excluding carboxylic acids is 1. The zero-order chi connectivity index (χ0) is 23.2. The molecule has 33 heavy (non-hydrogen) atoms. The number of ether oxygens (including phenoxy) is 1. The number of fused-ring (bicyclic) bond motifs is 2. The molecule has 2 fully saturated rings. The van der Waals surface area contributed by atoms with Gasteiger partial charge in [-0.2, -0.15) is 0 Å². The van der Waals surface area contributed by atoms with Crippen LogP contribution in [0.25, 0.3) is 0 Å². The lowest BCUT2D eigenvalue weighted by atomic mass is 9.99. The molecular formula is C25H28F3N3O2. The molecule has 3 heterocycles. The average Bonchev–Trinajstić information content (AvgIpc) is 3.37. The minimum Gasteiger partial charge on any atom is -0.406 e. The van der Waals surface area contributed by atoms with Crippen molar-refractivity contribution < 1.29 is 22.7 Å². The second-order valence-corrected chi connectivity index (χ2v) is 9.12. The van der Waals surface area contributed by atoms with E-state index < -0.39 is 6.36 Å². The van der Waals surface area contributed by atoms with Gasteiger partial charge in [0.25, 0.3) is 5.91 Å². The summed E-state index contributed by atoms with van der Waals surface area (Å²) in [4.78, 5) is 20.0. The third-order valence-electron chi connectivity index (χ3n) is 7.01. The Morgan fingerprint density at radius 2 is 1.88 bits per heavy atom. The van der Waals surface area contributed by atoms with Gasteiger partial charge in [-0.15, -0.1) is 13.2 Å². The number of aryl methyl sites for hydroxylation is 1. The van der Waals surface area contributed by atoms with Gasteiger partial charge in [-0.3, -0.25) is 9.69 Å². The van der Waals surface area contributed by atoms with Crippen LogP contribution in [-0.4, -0.2) is 54.3 Å². The van der Waals surface area contributed by atoms with Crippen LogP contribution in [0.5, 0.6) is 5.75 Å². The standard InChI is InChI=1S/C25H28F3N3O2/c1-2-18-12-21(30-11-10-29-9-3-4-20(29)16-30)13-19-15-31(24(32)23(18)19)14-17-5-7-22(8-6-17)33-25(26,27)28/h5-8,12-13,20H,2-4,9-11,14-16H2,1H3. The maximum atomic E-state index is 13.2. The van der Waals surface area contributed by atoms with Gasteiger partial charge in [0.1, 0.15) is 5.75 Å². The zero-order valence-corrected chi connectivity index (χ0v) is 18.7. The number of halogens is 3. The number of rotatable bonds is 5. The number of nitrogens with zero attached hydrogens (tertiary/aromatic N) is 3. The molecule has 1 atom stereocenters. The van der Waals surface area contributed by atoms with E-state index in [0.717, 1.165) is 48.3 Å². The Morgan fingerprint density at radius 3 is 2.61 bits per heavy atom. The van der Waals surface area contributed by atoms with E-state index in [1.807, 2.05) is 0 Å². The summed E-state index contributed by atoms with van der Waals surface area (Å²) < 4.78 is 41.1. The van der Waals surface area contributed by atoms with Crippen molar-refractivity contribution in [3.63, 3.8) is 0 Å². The first-order valence-corrected chi connectivity index (χ1v) is 11.6. The lowest BCUT2D eigenvalue weighted by Crippen LogP contribution is -2.50. The van der Waals surface area contributed by atoms with Crippen molar-refractivity contribution in [3.05, 3.63) is 58.7 Å². The van der Waals surface area contributed by atoms with E-state index in [1.54, 1.807) is 17.0 Å². The number of piperazine rings is 1. The first-order valence-electron chi connectivity index (χ1n) is 11.6. The zero-order valence-electron chi connectivity index (χ0n) is 18.7. The predicted molar refractivity (Wildman–Crippen MR) is 119 cm³/mol. The summed E-state index contributed by atoms with van der Waals surface area (Å²) in [6.07, 6.45) is -1.41. The van der Waals surface area contributed by atoms with Gasteiger partial charge < -0.3 is 14.5 Å². The highest BCUT2D eigenvalue weighted by Gasteiger charge is 2.34. The third kappa shape index (κ3) is 4.53. The average molecular weight is 460 g/mol. The number of hydrogen-bond acceptors (Lipinski definition) is 4. The van der Waals surface area contributed by atoms with Crippen molar-refractivity contribution >= 4 is 11.6 Å². The largest absolute Gasteiger partial charge is 0.573 e. The van der Waals surface area contributed by atoms with Crippen LogP contribution in [-0.2, 0) is 19.5 Å². The molecule has 5 rings (SSSR count). The second-order valence-electron chi connectivity index (χ2n) is 9.12. The molecule has 0 aromatic heterocycles. The van der Waals surface area contributed by atoms with Crippen molar-refractivity contribution in [1.82, 2.24) is 9.80 Å². The first-order chi connectivity index (χ1) is 15.8. The number of anilines is 1. The molecule has 1 unspecified atom stereocenters. The van der Waals surface area contributed by atoms with Gasteiger partial charge in [-0.05, 0) is 66.8 Å². The van der Waals surface area contributed by atoms with Gasteiger partial charge in [-0.25, -0.2) is 0 Å². The minimum atomic E-state index is -4.72. The predicted octanol–water partition coefficient (Wildman–Crippen LogP) is 4.59. The van der Waals surface area contributed by atoms with Crippen molar-refractivity contribution in [1.29, 1.82) is 0 Å². The Labute approximate surface area is 191 Å². The van der Waals surface area contributed by atoms with Crippen LogP contribution in [0.4, 0.5) is 18.9 Å². The molecule has 3 aliphatic heterocycles. The van der Waals surface area contributed by atoms with Gasteiger partial charge in [0.2, 0.25) is 0 Å². The second kappa shape index (κ2) is 8.56. The van der Waals surface area contributed by atoms with Gasteiger partial charge in [0, 0.05) is 50.0 Å². The van der Waals surface area contributed by atoms with Crippen LogP contribution in [0.2, 0.25) is 0 Å². The van der Waals surface area contributed by atoms with Crippen LogP contribution in [0.1, 0.15) is 46.8 Å². The molecule has 0 radical (unpaired) electrons. The highest BCUT2D eigenvalue weighted by molar-refractivity contribution is 6.00. The molecule has 2 aromatic rings. The normalized spacial score (nSPS) is 20.8. The molecule has 176 valence electrons. The Kier molecular flexibility index (Phi) is 5.72. The molecule has 5 nitrogen and oxygen atoms in total. The smallest absolute Gasteiger partial charge is 0.406 e. The van der Waals surface area contributed by atoms with Crippen molar-refractivity contribution in [2.45, 2.75) is 51.7 Å². The Hall–Kier alpha value is -2.74. The lowest BCUT2D eigenvalue weighted by molar-refractivity contribution is -0.274. The molecular weight excluding hydrogens is 431 g/mol. The van der Waals surface area contributed by atoms with Crippen LogP contribution < -0.4 is 9.64 Å². The summed E-state index contributed by atoms with van der Waals surface area (Å²) in [6, 6.07) is 10.7. The molecule has 2 saturated heterocycles. The number of alkyl halides is 3. The fourth-order valence-corrected chi connectivity index (χ4v) is 5.42. The first kappa shape index (κ1) is 22.1. The van der Waals surface area contributed by atoms with E-state index in [0.29, 0.717) is 19.1 Å². The lowest BCUT2D eigenvalue weighted by Gasteiger charge is -2.39. The highest BCUT2D eigenvalue weighted by Crippen LogP contribution is 2.34. The molecule has 0 saturated carbocycles. The van der Waals surface area contributed by atoms with Crippen LogP contribution in [0.15, 0.2) is 36.4 Å². The maximum Gasteiger partial charge on any atom is 0.573 e. The summed E-state index contributed by atoms with van der Waals surface area (Å²) in [7, 11) is 0. The van der Waals surface area contributed by atoms with Crippen LogP contribution >= 0.6 is 0 Å². The van der Waals surface area contributed by atoms with E-state index in [4.69, 9.17) is 0 Å². The van der Waals surface area contributed by atoms with Crippen molar-refractivity contribution in [2.75, 3.05) is 31.1 Å². The Bertz CT molecular complexity index is 1040. The molecule has 1 amide bonds. The summed E-state index contributed by atoms with van der Waals surface area (Å²) >= 11 is 0. The van der Waals surface area contributed by atoms with Crippen LogP contribution in [0.3, 0.4) is 0 Å². The number of benzene rings is 2. The van der Waals surface area contributed by atoms with E-state index in [2.05, 4.69) is 33.6 Å². The SMILES string of the molecule is CCc1cc(N2CCN3CCCC3C2)cc2c1C(=O)N(Cc1ccc(OC(F)(F)F)cc1)C2. The third-order valence-corrected chi connectivity index (χ3v) is 7.01. The highest BCUT2D eigenvalue weighted by atomic mass is 19.4. The van der Waals surface area contributed by atoms with Gasteiger partial charge in [0.05, 0.1) is 0 Å².